The molecule has 0 saturated heterocycles. The number of hydrogen-bond acceptors (Lipinski definition) is 8. The number of carbonyl (C=O) groups excluding carboxylic acids is 2. The molecule has 1 amide bonds. The molecule has 0 aliphatic carbocycles. The van der Waals surface area contributed by atoms with Gasteiger partial charge in [0.05, 0.1) is 15.5 Å². The second kappa shape index (κ2) is 9.14. The molecular formula is C19H15ClN4O6. The lowest BCUT2D eigenvalue weighted by atomic mass is 10.2. The summed E-state index contributed by atoms with van der Waals surface area (Å²) >= 11 is 6.07. The molecule has 0 unspecified atom stereocenters. The Morgan fingerprint density at radius 3 is 2.77 bits per heavy atom. The first-order chi connectivity index (χ1) is 14.3. The molecule has 10 nitrogen and oxygen atoms in total. The number of halogens is 1. The molecule has 2 aromatic carbocycles. The first-order valence-corrected chi connectivity index (χ1v) is 9.02. The fourth-order valence-electron chi connectivity index (χ4n) is 2.42. The maximum atomic E-state index is 12.2. The molecule has 0 aliphatic heterocycles. The van der Waals surface area contributed by atoms with Crippen LogP contribution in [0.25, 0.3) is 11.5 Å². The van der Waals surface area contributed by atoms with Crippen molar-refractivity contribution in [3.63, 3.8) is 0 Å². The average Bonchev–Trinajstić information content (AvgIpc) is 3.21. The molecule has 0 spiro atoms. The van der Waals surface area contributed by atoms with E-state index in [1.54, 1.807) is 24.3 Å². The molecule has 0 fully saturated rings. The highest BCUT2D eigenvalue weighted by Crippen LogP contribution is 2.25. The summed E-state index contributed by atoms with van der Waals surface area (Å²) in [6.07, 6.45) is 0. The van der Waals surface area contributed by atoms with E-state index < -0.39 is 22.8 Å². The number of non-ortho nitro benzene ring substituents is 1. The van der Waals surface area contributed by atoms with E-state index in [1.807, 2.05) is 0 Å². The van der Waals surface area contributed by atoms with Crippen LogP contribution in [0.2, 0.25) is 5.02 Å². The number of nitro groups is 1. The van der Waals surface area contributed by atoms with Gasteiger partial charge in [0.1, 0.15) is 6.04 Å². The van der Waals surface area contributed by atoms with Gasteiger partial charge in [-0.1, -0.05) is 35.0 Å². The van der Waals surface area contributed by atoms with Gasteiger partial charge in [-0.25, -0.2) is 4.79 Å². The van der Waals surface area contributed by atoms with E-state index in [1.165, 1.54) is 25.1 Å². The van der Waals surface area contributed by atoms with Crippen LogP contribution in [-0.2, 0) is 16.1 Å². The molecule has 1 atom stereocenters. The number of esters is 1. The molecule has 30 heavy (non-hydrogen) atoms. The first kappa shape index (κ1) is 20.9. The van der Waals surface area contributed by atoms with Crippen LogP contribution in [0.5, 0.6) is 0 Å². The summed E-state index contributed by atoms with van der Waals surface area (Å²) in [5.41, 5.74) is 0.359. The van der Waals surface area contributed by atoms with Crippen molar-refractivity contribution in [3.05, 3.63) is 75.1 Å². The van der Waals surface area contributed by atoms with Crippen LogP contribution in [0.1, 0.15) is 23.1 Å². The van der Waals surface area contributed by atoms with Crippen molar-refractivity contribution in [2.45, 2.75) is 19.6 Å². The minimum atomic E-state index is -1.01. The summed E-state index contributed by atoms with van der Waals surface area (Å²) in [6.45, 7) is 1.15. The van der Waals surface area contributed by atoms with Crippen LogP contribution in [0.4, 0.5) is 5.69 Å². The smallest absolute Gasteiger partial charge is 0.328 e. The van der Waals surface area contributed by atoms with Gasteiger partial charge >= 0.3 is 5.97 Å². The van der Waals surface area contributed by atoms with Gasteiger partial charge in [-0.2, -0.15) is 4.98 Å². The van der Waals surface area contributed by atoms with Crippen LogP contribution in [0, 0.1) is 10.1 Å². The quantitative estimate of drug-likeness (QED) is 0.342. The summed E-state index contributed by atoms with van der Waals surface area (Å²) in [6, 6.07) is 11.0. The normalized spacial score (nSPS) is 11.5. The Balaban J connectivity index is 1.56. The fraction of sp³-hybridized carbons (Fsp3) is 0.158. The van der Waals surface area contributed by atoms with Crippen molar-refractivity contribution in [2.24, 2.45) is 0 Å². The van der Waals surface area contributed by atoms with Gasteiger partial charge in [0.15, 0.2) is 6.61 Å². The monoisotopic (exact) mass is 430 g/mol. The molecule has 11 heteroatoms. The van der Waals surface area contributed by atoms with Crippen LogP contribution < -0.4 is 5.32 Å². The van der Waals surface area contributed by atoms with E-state index in [4.69, 9.17) is 20.9 Å². The first-order valence-electron chi connectivity index (χ1n) is 8.64. The topological polar surface area (TPSA) is 137 Å². The van der Waals surface area contributed by atoms with E-state index in [-0.39, 0.29) is 29.6 Å². The molecule has 1 heterocycles. The van der Waals surface area contributed by atoms with E-state index >= 15 is 0 Å². The number of amides is 1. The van der Waals surface area contributed by atoms with Crippen LogP contribution in [0.3, 0.4) is 0 Å². The molecule has 1 N–H and O–H groups in total. The van der Waals surface area contributed by atoms with E-state index in [9.17, 15) is 19.7 Å². The number of benzene rings is 2. The average molecular weight is 431 g/mol. The van der Waals surface area contributed by atoms with E-state index in [2.05, 4.69) is 15.5 Å². The number of nitrogens with zero attached hydrogens (tertiary/aromatic N) is 3. The summed E-state index contributed by atoms with van der Waals surface area (Å²) in [5, 5.41) is 17.4. The molecule has 0 aliphatic rings. The Labute approximate surface area is 174 Å². The van der Waals surface area contributed by atoms with E-state index in [0.717, 1.165) is 6.07 Å². The van der Waals surface area contributed by atoms with E-state index in [0.29, 0.717) is 10.6 Å². The lowest BCUT2D eigenvalue weighted by molar-refractivity contribution is -0.384. The molecule has 154 valence electrons. The summed E-state index contributed by atoms with van der Waals surface area (Å²) in [7, 11) is 0. The van der Waals surface area contributed by atoms with Gasteiger partial charge in [0.25, 0.3) is 17.5 Å². The Hall–Kier alpha value is -3.79. The predicted octanol–water partition coefficient (Wildman–Crippen LogP) is 3.16. The number of aromatic nitrogens is 2. The van der Waals surface area contributed by atoms with Gasteiger partial charge in [0, 0.05) is 17.7 Å². The SMILES string of the molecule is C[C@H](NC(=O)c1cccc([N+](=O)[O-])c1)C(=O)OCc1noc(-c2ccccc2Cl)n1. The minimum absolute atomic E-state index is 0.0476. The van der Waals surface area contributed by atoms with Crippen molar-refractivity contribution in [2.75, 3.05) is 0 Å². The van der Waals surface area contributed by atoms with Crippen molar-refractivity contribution in [3.8, 4) is 11.5 Å². The van der Waals surface area contributed by atoms with Crippen molar-refractivity contribution in [1.29, 1.82) is 0 Å². The largest absolute Gasteiger partial charge is 0.456 e. The highest BCUT2D eigenvalue weighted by Gasteiger charge is 2.20. The van der Waals surface area contributed by atoms with Crippen molar-refractivity contribution in [1.82, 2.24) is 15.5 Å². The van der Waals surface area contributed by atoms with Gasteiger partial charge in [-0.3, -0.25) is 14.9 Å². The number of hydrogen-bond donors (Lipinski definition) is 1. The fourth-order valence-corrected chi connectivity index (χ4v) is 2.63. The Morgan fingerprint density at radius 2 is 2.03 bits per heavy atom. The van der Waals surface area contributed by atoms with Crippen molar-refractivity contribution >= 4 is 29.2 Å². The molecule has 3 rings (SSSR count). The van der Waals surface area contributed by atoms with Gasteiger partial charge in [-0.15, -0.1) is 0 Å². The zero-order valence-corrected chi connectivity index (χ0v) is 16.3. The molecule has 0 bridgehead atoms. The third-order valence-electron chi connectivity index (χ3n) is 3.94. The number of nitro benzene ring substituents is 1. The summed E-state index contributed by atoms with van der Waals surface area (Å²) < 4.78 is 10.2. The highest BCUT2D eigenvalue weighted by molar-refractivity contribution is 6.33. The lowest BCUT2D eigenvalue weighted by Crippen LogP contribution is -2.39. The van der Waals surface area contributed by atoms with Gasteiger partial charge in [0.2, 0.25) is 5.82 Å². The number of ether oxygens (including phenoxy) is 1. The summed E-state index contributed by atoms with van der Waals surface area (Å²) in [5.74, 6) is -1.09. The lowest BCUT2D eigenvalue weighted by Gasteiger charge is -2.12. The Bertz CT molecular complexity index is 1100. The molecule has 0 radical (unpaired) electrons. The second-order valence-electron chi connectivity index (χ2n) is 6.11. The maximum absolute atomic E-state index is 12.2. The number of rotatable bonds is 7. The third kappa shape index (κ3) is 4.97. The number of carbonyl (C=O) groups is 2. The maximum Gasteiger partial charge on any atom is 0.328 e. The van der Waals surface area contributed by atoms with Crippen LogP contribution >= 0.6 is 11.6 Å². The molecule has 1 aromatic heterocycles. The Morgan fingerprint density at radius 1 is 1.27 bits per heavy atom. The molecule has 3 aromatic rings. The highest BCUT2D eigenvalue weighted by atomic mass is 35.5. The zero-order valence-electron chi connectivity index (χ0n) is 15.6. The summed E-state index contributed by atoms with van der Waals surface area (Å²) in [4.78, 5) is 38.7. The van der Waals surface area contributed by atoms with Crippen LogP contribution in [0.15, 0.2) is 53.1 Å². The number of nitrogens with one attached hydrogen (secondary N) is 1. The molecular weight excluding hydrogens is 416 g/mol. The standard InChI is InChI=1S/C19H15ClN4O6/c1-11(21-17(25)12-5-4-6-13(9-12)24(27)28)19(26)29-10-16-22-18(30-23-16)14-7-2-3-8-15(14)20/h2-9,11H,10H2,1H3,(H,21,25)/t11-/m0/s1. The third-order valence-corrected chi connectivity index (χ3v) is 4.27. The van der Waals surface area contributed by atoms with Gasteiger partial charge < -0.3 is 14.6 Å². The Kier molecular flexibility index (Phi) is 6.38. The van der Waals surface area contributed by atoms with Gasteiger partial charge in [-0.05, 0) is 25.1 Å². The second-order valence-corrected chi connectivity index (χ2v) is 6.51. The zero-order chi connectivity index (χ0) is 21.7. The predicted molar refractivity (Wildman–Crippen MR) is 105 cm³/mol. The van der Waals surface area contributed by atoms with Crippen LogP contribution in [-0.4, -0.2) is 33.0 Å². The minimum Gasteiger partial charge on any atom is -0.456 e. The van der Waals surface area contributed by atoms with Crippen molar-refractivity contribution < 1.29 is 23.8 Å². The molecule has 0 saturated carbocycles.